The van der Waals surface area contributed by atoms with Crippen molar-refractivity contribution in [2.24, 2.45) is 5.73 Å². The maximum Gasteiger partial charge on any atom is 0.226 e. The normalized spacial score (nSPS) is 19.9. The van der Waals surface area contributed by atoms with Gasteiger partial charge in [-0.1, -0.05) is 37.3 Å². The van der Waals surface area contributed by atoms with Gasteiger partial charge in [0.05, 0.1) is 0 Å². The molecular formula is C15H27N3O. The fourth-order valence-electron chi connectivity index (χ4n) is 2.83. The topological polar surface area (TPSA) is 64.9 Å². The van der Waals surface area contributed by atoms with Crippen LogP contribution in [0.2, 0.25) is 0 Å². The zero-order valence-corrected chi connectivity index (χ0v) is 12.1. The van der Waals surface area contributed by atoms with Gasteiger partial charge in [-0.3, -0.25) is 0 Å². The van der Waals surface area contributed by atoms with E-state index >= 15 is 0 Å². The van der Waals surface area contributed by atoms with Gasteiger partial charge in [-0.25, -0.2) is 0 Å². The molecule has 1 aliphatic carbocycles. The molecule has 1 aliphatic rings. The van der Waals surface area contributed by atoms with Crippen molar-refractivity contribution in [1.82, 2.24) is 10.1 Å². The van der Waals surface area contributed by atoms with Crippen LogP contribution in [-0.4, -0.2) is 16.2 Å². The summed E-state index contributed by atoms with van der Waals surface area (Å²) < 4.78 is 5.37. The summed E-state index contributed by atoms with van der Waals surface area (Å²) in [4.78, 5) is 4.58. The van der Waals surface area contributed by atoms with Gasteiger partial charge in [0.1, 0.15) is 0 Å². The van der Waals surface area contributed by atoms with Gasteiger partial charge in [-0.15, -0.1) is 0 Å². The Labute approximate surface area is 116 Å². The first-order valence-electron chi connectivity index (χ1n) is 7.84. The highest BCUT2D eigenvalue weighted by Gasteiger charge is 2.19. The predicted molar refractivity (Wildman–Crippen MR) is 75.9 cm³/mol. The lowest BCUT2D eigenvalue weighted by molar-refractivity contribution is 0.357. The standard InChI is InChI=1S/C15H27N3O/c1-12(16)8-7-11-14-17-15(18-19-14)13-9-5-3-2-4-6-10-13/h12-13H,2-11,16H2,1H3. The Morgan fingerprint density at radius 3 is 2.58 bits per heavy atom. The third-order valence-corrected chi connectivity index (χ3v) is 4.00. The minimum absolute atomic E-state index is 0.257. The summed E-state index contributed by atoms with van der Waals surface area (Å²) in [6.45, 7) is 2.04. The number of nitrogens with zero attached hydrogens (tertiary/aromatic N) is 2. The lowest BCUT2D eigenvalue weighted by atomic mass is 9.91. The number of hydrogen-bond acceptors (Lipinski definition) is 4. The molecule has 1 unspecified atom stereocenters. The monoisotopic (exact) mass is 265 g/mol. The molecular weight excluding hydrogens is 238 g/mol. The summed E-state index contributed by atoms with van der Waals surface area (Å²) in [6, 6.07) is 0.257. The van der Waals surface area contributed by atoms with Gasteiger partial charge in [0.2, 0.25) is 5.89 Å². The number of rotatable bonds is 5. The van der Waals surface area contributed by atoms with E-state index in [4.69, 9.17) is 10.3 Å². The molecule has 1 fully saturated rings. The second kappa shape index (κ2) is 7.63. The molecule has 2 rings (SSSR count). The van der Waals surface area contributed by atoms with E-state index in [0.29, 0.717) is 5.92 Å². The summed E-state index contributed by atoms with van der Waals surface area (Å²) >= 11 is 0. The highest BCUT2D eigenvalue weighted by atomic mass is 16.5. The van der Waals surface area contributed by atoms with Gasteiger partial charge in [-0.2, -0.15) is 4.98 Å². The van der Waals surface area contributed by atoms with E-state index in [0.717, 1.165) is 31.0 Å². The molecule has 108 valence electrons. The molecule has 0 aliphatic heterocycles. The summed E-state index contributed by atoms with van der Waals surface area (Å²) in [5.74, 6) is 2.25. The summed E-state index contributed by atoms with van der Waals surface area (Å²) in [7, 11) is 0. The summed E-state index contributed by atoms with van der Waals surface area (Å²) in [6.07, 6.45) is 12.1. The number of aromatic nitrogens is 2. The van der Waals surface area contributed by atoms with Crippen LogP contribution in [0.4, 0.5) is 0 Å². The summed E-state index contributed by atoms with van der Waals surface area (Å²) in [5.41, 5.74) is 5.74. The number of nitrogens with two attached hydrogens (primary N) is 1. The Balaban J connectivity index is 1.84. The van der Waals surface area contributed by atoms with Crippen molar-refractivity contribution < 1.29 is 4.52 Å². The number of hydrogen-bond donors (Lipinski definition) is 1. The van der Waals surface area contributed by atoms with Crippen LogP contribution in [0.3, 0.4) is 0 Å². The minimum atomic E-state index is 0.257. The molecule has 19 heavy (non-hydrogen) atoms. The highest BCUT2D eigenvalue weighted by molar-refractivity contribution is 4.96. The maximum atomic E-state index is 5.74. The van der Waals surface area contributed by atoms with Gasteiger partial charge in [0.25, 0.3) is 0 Å². The Bertz CT molecular complexity index is 354. The van der Waals surface area contributed by atoms with Crippen LogP contribution in [0.25, 0.3) is 0 Å². The van der Waals surface area contributed by atoms with E-state index in [1.54, 1.807) is 0 Å². The van der Waals surface area contributed by atoms with Gasteiger partial charge in [0, 0.05) is 18.4 Å². The molecule has 4 nitrogen and oxygen atoms in total. The lowest BCUT2D eigenvalue weighted by Gasteiger charge is -2.15. The zero-order chi connectivity index (χ0) is 13.5. The smallest absolute Gasteiger partial charge is 0.226 e. The largest absolute Gasteiger partial charge is 0.339 e. The molecule has 0 spiro atoms. The average molecular weight is 265 g/mol. The van der Waals surface area contributed by atoms with Crippen LogP contribution in [0.5, 0.6) is 0 Å². The molecule has 0 radical (unpaired) electrons. The molecule has 0 bridgehead atoms. The quantitative estimate of drug-likeness (QED) is 0.884. The third kappa shape index (κ3) is 4.94. The van der Waals surface area contributed by atoms with Crippen LogP contribution in [0.15, 0.2) is 4.52 Å². The maximum absolute atomic E-state index is 5.74. The van der Waals surface area contributed by atoms with E-state index < -0.39 is 0 Å². The molecule has 1 aromatic heterocycles. The molecule has 1 atom stereocenters. The minimum Gasteiger partial charge on any atom is -0.339 e. The van der Waals surface area contributed by atoms with Gasteiger partial charge < -0.3 is 10.3 Å². The SMILES string of the molecule is CC(N)CCCc1nc(C2CCCCCCC2)no1. The van der Waals surface area contributed by atoms with Crippen LogP contribution >= 0.6 is 0 Å². The van der Waals surface area contributed by atoms with Gasteiger partial charge in [0.15, 0.2) is 5.82 Å². The van der Waals surface area contributed by atoms with Crippen LogP contribution in [-0.2, 0) is 6.42 Å². The van der Waals surface area contributed by atoms with Gasteiger partial charge in [-0.05, 0) is 32.6 Å². The Kier molecular flexibility index (Phi) is 5.83. The molecule has 4 heteroatoms. The first kappa shape index (κ1) is 14.5. The van der Waals surface area contributed by atoms with Crippen molar-refractivity contribution in [3.05, 3.63) is 11.7 Å². The zero-order valence-electron chi connectivity index (χ0n) is 12.1. The molecule has 0 aromatic carbocycles. The predicted octanol–water partition coefficient (Wildman–Crippen LogP) is 3.57. The fourth-order valence-corrected chi connectivity index (χ4v) is 2.83. The van der Waals surface area contributed by atoms with E-state index in [-0.39, 0.29) is 6.04 Å². The van der Waals surface area contributed by atoms with Gasteiger partial charge >= 0.3 is 0 Å². The van der Waals surface area contributed by atoms with Crippen molar-refractivity contribution in [3.8, 4) is 0 Å². The van der Waals surface area contributed by atoms with Crippen molar-refractivity contribution in [3.63, 3.8) is 0 Å². The molecule has 2 N–H and O–H groups in total. The molecule has 1 heterocycles. The van der Waals surface area contributed by atoms with Crippen LogP contribution in [0.1, 0.15) is 82.3 Å². The molecule has 1 aromatic rings. The Hall–Kier alpha value is -0.900. The van der Waals surface area contributed by atoms with Crippen molar-refractivity contribution in [2.45, 2.75) is 83.1 Å². The fraction of sp³-hybridized carbons (Fsp3) is 0.867. The molecule has 0 amide bonds. The Morgan fingerprint density at radius 1 is 1.21 bits per heavy atom. The van der Waals surface area contributed by atoms with E-state index in [9.17, 15) is 0 Å². The van der Waals surface area contributed by atoms with Crippen molar-refractivity contribution in [2.75, 3.05) is 0 Å². The van der Waals surface area contributed by atoms with E-state index in [1.807, 2.05) is 6.92 Å². The molecule has 0 saturated heterocycles. The Morgan fingerprint density at radius 2 is 1.89 bits per heavy atom. The van der Waals surface area contributed by atoms with E-state index in [1.165, 1.54) is 44.9 Å². The van der Waals surface area contributed by atoms with Crippen molar-refractivity contribution in [1.29, 1.82) is 0 Å². The van der Waals surface area contributed by atoms with E-state index in [2.05, 4.69) is 10.1 Å². The second-order valence-electron chi connectivity index (χ2n) is 5.96. The second-order valence-corrected chi connectivity index (χ2v) is 5.96. The lowest BCUT2D eigenvalue weighted by Crippen LogP contribution is -2.14. The number of aryl methyl sites for hydroxylation is 1. The highest BCUT2D eigenvalue weighted by Crippen LogP contribution is 2.29. The first-order chi connectivity index (χ1) is 9.25. The summed E-state index contributed by atoms with van der Waals surface area (Å²) in [5, 5.41) is 4.19. The first-order valence-corrected chi connectivity index (χ1v) is 7.84. The third-order valence-electron chi connectivity index (χ3n) is 4.00. The van der Waals surface area contributed by atoms with Crippen LogP contribution < -0.4 is 5.73 Å². The van der Waals surface area contributed by atoms with Crippen molar-refractivity contribution >= 4 is 0 Å². The van der Waals surface area contributed by atoms with Crippen LogP contribution in [0, 0.1) is 0 Å². The molecule has 1 saturated carbocycles. The average Bonchev–Trinajstić information content (AvgIpc) is 2.76.